The van der Waals surface area contributed by atoms with Crippen LogP contribution in [0.1, 0.15) is 53.4 Å². The third-order valence-corrected chi connectivity index (χ3v) is 4.19. The van der Waals surface area contributed by atoms with Gasteiger partial charge in [0.2, 0.25) is 0 Å². The molecule has 1 aliphatic heterocycles. The van der Waals surface area contributed by atoms with Gasteiger partial charge in [0.05, 0.1) is 0 Å². The van der Waals surface area contributed by atoms with Gasteiger partial charge in [0.15, 0.2) is 0 Å². The Morgan fingerprint density at radius 2 is 1.95 bits per heavy atom. The Labute approximate surface area is 128 Å². The van der Waals surface area contributed by atoms with E-state index in [2.05, 4.69) is 33.0 Å². The van der Waals surface area contributed by atoms with Crippen molar-refractivity contribution in [1.29, 1.82) is 0 Å². The largest absolute Gasteiger partial charge is 0.481 e. The standard InChI is InChI=1S/C16H30N2O3/c1-11(2)7-14(8-15(19)20)9-17-16(21)18-10-12(3)5-6-13(18)4/h11-14H,5-10H2,1-4H3,(H,17,21)(H,19,20)/t12?,13?,14-/m0/s1. The number of nitrogens with zero attached hydrogens (tertiary/aromatic N) is 1. The van der Waals surface area contributed by atoms with E-state index in [0.29, 0.717) is 18.4 Å². The molecule has 2 N–H and O–H groups in total. The van der Waals surface area contributed by atoms with Crippen LogP contribution in [0.4, 0.5) is 4.79 Å². The monoisotopic (exact) mass is 298 g/mol. The van der Waals surface area contributed by atoms with E-state index in [4.69, 9.17) is 5.11 Å². The van der Waals surface area contributed by atoms with Gasteiger partial charge in [-0.2, -0.15) is 0 Å². The second-order valence-corrected chi connectivity index (χ2v) is 6.96. The lowest BCUT2D eigenvalue weighted by Gasteiger charge is -2.37. The average molecular weight is 298 g/mol. The SMILES string of the molecule is CC(C)C[C@H](CNC(=O)N1CC(C)CCC1C)CC(=O)O. The van der Waals surface area contributed by atoms with Gasteiger partial charge in [-0.3, -0.25) is 4.79 Å². The van der Waals surface area contributed by atoms with Crippen molar-refractivity contribution in [2.24, 2.45) is 17.8 Å². The van der Waals surface area contributed by atoms with Crippen LogP contribution in [0.3, 0.4) is 0 Å². The van der Waals surface area contributed by atoms with Crippen LogP contribution >= 0.6 is 0 Å². The second kappa shape index (κ2) is 8.25. The maximum Gasteiger partial charge on any atom is 0.317 e. The maximum absolute atomic E-state index is 12.3. The lowest BCUT2D eigenvalue weighted by atomic mass is 9.94. The number of urea groups is 1. The van der Waals surface area contributed by atoms with Crippen molar-refractivity contribution in [2.75, 3.05) is 13.1 Å². The summed E-state index contributed by atoms with van der Waals surface area (Å²) in [7, 11) is 0. The summed E-state index contributed by atoms with van der Waals surface area (Å²) in [4.78, 5) is 25.1. The molecule has 2 amide bonds. The number of rotatable bonds is 6. The maximum atomic E-state index is 12.3. The highest BCUT2D eigenvalue weighted by Gasteiger charge is 2.27. The normalized spacial score (nSPS) is 24.0. The summed E-state index contributed by atoms with van der Waals surface area (Å²) in [6.07, 6.45) is 3.14. The lowest BCUT2D eigenvalue weighted by Crippen LogP contribution is -2.50. The van der Waals surface area contributed by atoms with Crippen LogP contribution < -0.4 is 5.32 Å². The Bertz CT molecular complexity index is 357. The van der Waals surface area contributed by atoms with E-state index in [9.17, 15) is 9.59 Å². The van der Waals surface area contributed by atoms with E-state index >= 15 is 0 Å². The fraction of sp³-hybridized carbons (Fsp3) is 0.875. The number of carboxylic acids is 1. The van der Waals surface area contributed by atoms with Crippen LogP contribution in [0.5, 0.6) is 0 Å². The second-order valence-electron chi connectivity index (χ2n) is 6.96. The molecule has 3 atom stereocenters. The molecule has 0 saturated carbocycles. The molecule has 1 rings (SSSR count). The Balaban J connectivity index is 2.49. The predicted molar refractivity (Wildman–Crippen MR) is 83.2 cm³/mol. The topological polar surface area (TPSA) is 69.6 Å². The summed E-state index contributed by atoms with van der Waals surface area (Å²) in [6, 6.07) is 0.220. The number of piperidine rings is 1. The van der Waals surface area contributed by atoms with Gasteiger partial charge in [0.25, 0.3) is 0 Å². The molecule has 1 fully saturated rings. The van der Waals surface area contributed by atoms with Crippen molar-refractivity contribution < 1.29 is 14.7 Å². The molecule has 1 saturated heterocycles. The number of nitrogens with one attached hydrogen (secondary N) is 1. The van der Waals surface area contributed by atoms with E-state index in [-0.39, 0.29) is 24.4 Å². The van der Waals surface area contributed by atoms with Gasteiger partial charge in [0.1, 0.15) is 0 Å². The zero-order valence-electron chi connectivity index (χ0n) is 13.8. The molecular weight excluding hydrogens is 268 g/mol. The minimum Gasteiger partial charge on any atom is -0.481 e. The highest BCUT2D eigenvalue weighted by atomic mass is 16.4. The molecule has 1 heterocycles. The third-order valence-electron chi connectivity index (χ3n) is 4.19. The minimum absolute atomic E-state index is 0.00368. The van der Waals surface area contributed by atoms with Gasteiger partial charge < -0.3 is 15.3 Å². The first-order chi connectivity index (χ1) is 9.79. The first-order valence-electron chi connectivity index (χ1n) is 8.05. The van der Waals surface area contributed by atoms with Crippen LogP contribution in [0, 0.1) is 17.8 Å². The number of carbonyl (C=O) groups excluding carboxylic acids is 1. The molecule has 0 aromatic carbocycles. The van der Waals surface area contributed by atoms with Gasteiger partial charge in [-0.15, -0.1) is 0 Å². The van der Waals surface area contributed by atoms with E-state index in [0.717, 1.165) is 19.4 Å². The Hall–Kier alpha value is -1.26. The van der Waals surface area contributed by atoms with Crippen LogP contribution in [-0.2, 0) is 4.79 Å². The molecule has 21 heavy (non-hydrogen) atoms. The fourth-order valence-corrected chi connectivity index (χ4v) is 3.06. The summed E-state index contributed by atoms with van der Waals surface area (Å²) in [5.41, 5.74) is 0. The van der Waals surface area contributed by atoms with Gasteiger partial charge in [-0.25, -0.2) is 4.79 Å². The third kappa shape index (κ3) is 6.36. The molecule has 2 unspecified atom stereocenters. The number of hydrogen-bond acceptors (Lipinski definition) is 2. The Kier molecular flexibility index (Phi) is 6.99. The van der Waals surface area contributed by atoms with Gasteiger partial charge >= 0.3 is 12.0 Å². The molecule has 0 aromatic heterocycles. The number of aliphatic carboxylic acids is 1. The molecule has 0 radical (unpaired) electrons. The average Bonchev–Trinajstić information content (AvgIpc) is 2.37. The van der Waals surface area contributed by atoms with Crippen molar-refractivity contribution in [3.8, 4) is 0 Å². The van der Waals surface area contributed by atoms with Crippen LogP contribution in [-0.4, -0.2) is 41.1 Å². The number of amides is 2. The number of likely N-dealkylation sites (tertiary alicyclic amines) is 1. The summed E-state index contributed by atoms with van der Waals surface area (Å²) in [5.74, 6) is 0.177. The molecule has 5 nitrogen and oxygen atoms in total. The summed E-state index contributed by atoms with van der Waals surface area (Å²) >= 11 is 0. The van der Waals surface area contributed by atoms with Crippen molar-refractivity contribution in [2.45, 2.75) is 59.4 Å². The number of carbonyl (C=O) groups is 2. The first-order valence-corrected chi connectivity index (χ1v) is 8.05. The zero-order chi connectivity index (χ0) is 16.0. The predicted octanol–water partition coefficient (Wildman–Crippen LogP) is 2.95. The first kappa shape index (κ1) is 17.8. The van der Waals surface area contributed by atoms with Gasteiger partial charge in [-0.1, -0.05) is 20.8 Å². The van der Waals surface area contributed by atoms with Gasteiger partial charge in [-0.05, 0) is 43.9 Å². The van der Waals surface area contributed by atoms with E-state index in [1.54, 1.807) is 0 Å². The highest BCUT2D eigenvalue weighted by Crippen LogP contribution is 2.21. The molecule has 0 spiro atoms. The number of carboxylic acid groups (broad SMARTS) is 1. The molecule has 122 valence electrons. The number of hydrogen-bond donors (Lipinski definition) is 2. The van der Waals surface area contributed by atoms with E-state index in [1.807, 2.05) is 4.90 Å². The summed E-state index contributed by atoms with van der Waals surface area (Å²) < 4.78 is 0. The minimum atomic E-state index is -0.796. The van der Waals surface area contributed by atoms with E-state index in [1.165, 1.54) is 6.42 Å². The molecule has 0 aromatic rings. The summed E-state index contributed by atoms with van der Waals surface area (Å²) in [6.45, 7) is 9.63. The molecule has 0 aliphatic carbocycles. The quantitative estimate of drug-likeness (QED) is 0.792. The molecule has 5 heteroatoms. The van der Waals surface area contributed by atoms with E-state index < -0.39 is 5.97 Å². The Morgan fingerprint density at radius 1 is 1.29 bits per heavy atom. The molecular formula is C16H30N2O3. The van der Waals surface area contributed by atoms with Crippen LogP contribution in [0.2, 0.25) is 0 Å². The van der Waals surface area contributed by atoms with Crippen molar-refractivity contribution in [3.05, 3.63) is 0 Å². The van der Waals surface area contributed by atoms with Crippen molar-refractivity contribution in [1.82, 2.24) is 10.2 Å². The molecule has 1 aliphatic rings. The van der Waals surface area contributed by atoms with Crippen molar-refractivity contribution >= 4 is 12.0 Å². The lowest BCUT2D eigenvalue weighted by molar-refractivity contribution is -0.138. The van der Waals surface area contributed by atoms with Crippen molar-refractivity contribution in [3.63, 3.8) is 0 Å². The molecule has 0 bridgehead atoms. The van der Waals surface area contributed by atoms with Gasteiger partial charge in [0, 0.05) is 25.6 Å². The van der Waals surface area contributed by atoms with Crippen LogP contribution in [0.25, 0.3) is 0 Å². The summed E-state index contributed by atoms with van der Waals surface area (Å²) in [5, 5.41) is 11.9. The fourth-order valence-electron chi connectivity index (χ4n) is 3.06. The zero-order valence-corrected chi connectivity index (χ0v) is 13.8. The smallest absolute Gasteiger partial charge is 0.317 e. The van der Waals surface area contributed by atoms with Crippen LogP contribution in [0.15, 0.2) is 0 Å². The highest BCUT2D eigenvalue weighted by molar-refractivity contribution is 5.74. The Morgan fingerprint density at radius 3 is 2.52 bits per heavy atom.